The van der Waals surface area contributed by atoms with Crippen LogP contribution >= 0.6 is 0 Å². The molecule has 2 aromatic carbocycles. The summed E-state index contributed by atoms with van der Waals surface area (Å²) in [6.45, 7) is 1.12. The van der Waals surface area contributed by atoms with Crippen molar-refractivity contribution < 1.29 is 29.0 Å². The Morgan fingerprint density at radius 2 is 1.70 bits per heavy atom. The molecular weight excluding hydrogens is 548 g/mol. The zero-order valence-corrected chi connectivity index (χ0v) is 24.1. The Kier molecular flexibility index (Phi) is 9.04. The first-order valence-electron chi connectivity index (χ1n) is 14.6. The summed E-state index contributed by atoms with van der Waals surface area (Å²) in [5.41, 5.74) is 1.56. The van der Waals surface area contributed by atoms with Crippen molar-refractivity contribution in [1.29, 1.82) is 0 Å². The van der Waals surface area contributed by atoms with Crippen molar-refractivity contribution in [2.75, 3.05) is 26.7 Å². The van der Waals surface area contributed by atoms with Crippen LogP contribution < -0.4 is 10.6 Å². The minimum absolute atomic E-state index is 0.00916. The number of pyridine rings is 1. The highest BCUT2D eigenvalue weighted by Gasteiger charge is 2.48. The summed E-state index contributed by atoms with van der Waals surface area (Å²) in [4.78, 5) is 57.8. The van der Waals surface area contributed by atoms with E-state index >= 15 is 0 Å². The number of carbonyl (C=O) groups excluding carboxylic acids is 4. The van der Waals surface area contributed by atoms with E-state index in [0.29, 0.717) is 38.8 Å². The van der Waals surface area contributed by atoms with Crippen molar-refractivity contribution in [2.45, 2.75) is 49.5 Å². The van der Waals surface area contributed by atoms with Crippen LogP contribution in [0.15, 0.2) is 72.9 Å². The molecule has 10 heteroatoms. The molecule has 1 aliphatic carbocycles. The number of hydrogen-bond acceptors (Lipinski definition) is 7. The summed E-state index contributed by atoms with van der Waals surface area (Å²) < 4.78 is 4.73. The van der Waals surface area contributed by atoms with Crippen LogP contribution in [0.5, 0.6) is 5.88 Å². The third-order valence-electron chi connectivity index (χ3n) is 8.57. The summed E-state index contributed by atoms with van der Waals surface area (Å²) in [7, 11) is 1.32. The molecule has 0 radical (unpaired) electrons. The van der Waals surface area contributed by atoms with E-state index in [0.717, 1.165) is 16.7 Å². The Balaban J connectivity index is 1.33. The number of nitrogens with zero attached hydrogens (tertiary/aromatic N) is 2. The minimum atomic E-state index is -1.01. The third-order valence-corrected chi connectivity index (χ3v) is 8.57. The molecule has 1 saturated heterocycles. The van der Waals surface area contributed by atoms with E-state index in [-0.39, 0.29) is 42.3 Å². The molecule has 224 valence electrons. The lowest BCUT2D eigenvalue weighted by Gasteiger charge is -2.42. The van der Waals surface area contributed by atoms with Gasteiger partial charge in [0.1, 0.15) is 5.56 Å². The van der Waals surface area contributed by atoms with Crippen LogP contribution in [0.25, 0.3) is 0 Å². The molecule has 43 heavy (non-hydrogen) atoms. The lowest BCUT2D eigenvalue weighted by atomic mass is 9.62. The quantitative estimate of drug-likeness (QED) is 0.346. The Labute approximate surface area is 250 Å². The summed E-state index contributed by atoms with van der Waals surface area (Å²) in [5.74, 6) is -1.71. The summed E-state index contributed by atoms with van der Waals surface area (Å²) >= 11 is 0. The van der Waals surface area contributed by atoms with Gasteiger partial charge in [-0.1, -0.05) is 54.6 Å². The third kappa shape index (κ3) is 6.09. The average molecular weight is 585 g/mol. The van der Waals surface area contributed by atoms with E-state index < -0.39 is 23.2 Å². The van der Waals surface area contributed by atoms with Gasteiger partial charge in [-0.15, -0.1) is 0 Å². The van der Waals surface area contributed by atoms with Crippen molar-refractivity contribution in [2.24, 2.45) is 0 Å². The number of esters is 1. The topological polar surface area (TPSA) is 138 Å². The van der Waals surface area contributed by atoms with Gasteiger partial charge in [-0.3, -0.25) is 19.2 Å². The van der Waals surface area contributed by atoms with Gasteiger partial charge in [-0.25, -0.2) is 4.98 Å². The maximum atomic E-state index is 14.0. The van der Waals surface area contributed by atoms with Crippen LogP contribution in [0.4, 0.5) is 0 Å². The van der Waals surface area contributed by atoms with Crippen LogP contribution in [0.1, 0.15) is 65.1 Å². The molecule has 1 aliphatic heterocycles. The maximum Gasteiger partial charge on any atom is 0.307 e. The fraction of sp³-hybridized carbons (Fsp3) is 0.364. The second kappa shape index (κ2) is 13.1. The second-order valence-electron chi connectivity index (χ2n) is 11.0. The van der Waals surface area contributed by atoms with E-state index in [1.165, 1.54) is 19.4 Å². The SMILES string of the molecule is COC(=O)CCNC(=O)[C@@]1(c2ccccc2)CC[C@H](C(=O)N2CCC(NC(=O)c3cccnc3O)CC2)c2ccccc21. The number of hydrogen-bond donors (Lipinski definition) is 3. The van der Waals surface area contributed by atoms with Gasteiger partial charge in [0.2, 0.25) is 17.7 Å². The summed E-state index contributed by atoms with van der Waals surface area (Å²) in [6, 6.07) is 20.2. The van der Waals surface area contributed by atoms with Crippen LogP contribution in [-0.4, -0.2) is 71.5 Å². The number of aromatic hydroxyl groups is 1. The molecule has 0 saturated carbocycles. The lowest BCUT2D eigenvalue weighted by molar-refractivity contribution is -0.140. The molecular formula is C33H36N4O6. The van der Waals surface area contributed by atoms with Crippen molar-refractivity contribution in [3.8, 4) is 5.88 Å². The molecule has 0 spiro atoms. The van der Waals surface area contributed by atoms with Crippen LogP contribution in [0.3, 0.4) is 0 Å². The van der Waals surface area contributed by atoms with E-state index in [1.54, 1.807) is 6.07 Å². The predicted octanol–water partition coefficient (Wildman–Crippen LogP) is 3.05. The van der Waals surface area contributed by atoms with E-state index in [9.17, 15) is 24.3 Å². The molecule has 3 N–H and O–H groups in total. The number of fused-ring (bicyclic) bond motifs is 1. The zero-order chi connectivity index (χ0) is 30.4. The number of likely N-dealkylation sites (tertiary alicyclic amines) is 1. The number of nitrogens with one attached hydrogen (secondary N) is 2. The highest BCUT2D eigenvalue weighted by atomic mass is 16.5. The molecule has 10 nitrogen and oxygen atoms in total. The van der Waals surface area contributed by atoms with Gasteiger partial charge in [0, 0.05) is 31.9 Å². The first-order valence-corrected chi connectivity index (χ1v) is 14.6. The smallest absolute Gasteiger partial charge is 0.307 e. The lowest BCUT2D eigenvalue weighted by Crippen LogP contribution is -2.51. The Bertz CT molecular complexity index is 1490. The molecule has 1 fully saturated rings. The number of amides is 3. The summed E-state index contributed by atoms with van der Waals surface area (Å²) in [6.07, 6.45) is 3.56. The number of ether oxygens (including phenoxy) is 1. The van der Waals surface area contributed by atoms with Gasteiger partial charge < -0.3 is 25.4 Å². The van der Waals surface area contributed by atoms with Gasteiger partial charge in [-0.2, -0.15) is 0 Å². The van der Waals surface area contributed by atoms with Crippen LogP contribution in [0, 0.1) is 0 Å². The Hall–Kier alpha value is -4.73. The van der Waals surface area contributed by atoms with E-state index in [1.807, 2.05) is 59.5 Å². The van der Waals surface area contributed by atoms with E-state index in [2.05, 4.69) is 15.6 Å². The highest BCUT2D eigenvalue weighted by Crippen LogP contribution is 2.48. The average Bonchev–Trinajstić information content (AvgIpc) is 3.04. The first kappa shape index (κ1) is 29.8. The highest BCUT2D eigenvalue weighted by molar-refractivity contribution is 5.97. The predicted molar refractivity (Wildman–Crippen MR) is 158 cm³/mol. The molecule has 2 atom stereocenters. The Morgan fingerprint density at radius 1 is 0.977 bits per heavy atom. The van der Waals surface area contributed by atoms with Crippen molar-refractivity contribution in [3.63, 3.8) is 0 Å². The molecule has 2 aliphatic rings. The van der Waals surface area contributed by atoms with Gasteiger partial charge >= 0.3 is 5.97 Å². The Morgan fingerprint density at radius 3 is 2.42 bits per heavy atom. The number of benzene rings is 2. The number of piperidine rings is 1. The molecule has 1 aromatic heterocycles. The van der Waals surface area contributed by atoms with Crippen LogP contribution in [-0.2, 0) is 24.5 Å². The first-order chi connectivity index (χ1) is 20.8. The zero-order valence-electron chi connectivity index (χ0n) is 24.1. The maximum absolute atomic E-state index is 14.0. The monoisotopic (exact) mass is 584 g/mol. The molecule has 0 unspecified atom stereocenters. The molecule has 0 bridgehead atoms. The fourth-order valence-electron chi connectivity index (χ4n) is 6.32. The minimum Gasteiger partial charge on any atom is -0.493 e. The standard InChI is InChI=1S/C33H36N4O6/c1-43-28(38)14-19-35-32(42)33(22-8-3-2-4-9-22)17-13-25(24-10-5-6-12-27(24)33)31(41)37-20-15-23(16-21-37)36-30(40)26-11-7-18-34-29(26)39/h2-12,18,23,25H,13-17,19-21H2,1H3,(H,34,39)(H,35,42)(H,36,40)/t25-,33+/m0/s1. The van der Waals surface area contributed by atoms with Crippen molar-refractivity contribution in [3.05, 3.63) is 95.2 Å². The number of methoxy groups -OCH3 is 1. The van der Waals surface area contributed by atoms with Gasteiger partial charge in [0.15, 0.2) is 0 Å². The second-order valence-corrected chi connectivity index (χ2v) is 11.0. The molecule has 3 aromatic rings. The number of rotatable bonds is 8. The normalized spacial score (nSPS) is 20.0. The van der Waals surface area contributed by atoms with Crippen LogP contribution in [0.2, 0.25) is 0 Å². The molecule has 3 amide bonds. The number of carbonyl (C=O) groups is 4. The van der Waals surface area contributed by atoms with Crippen molar-refractivity contribution >= 4 is 23.7 Å². The molecule has 2 heterocycles. The fourth-order valence-corrected chi connectivity index (χ4v) is 6.32. The van der Waals surface area contributed by atoms with E-state index in [4.69, 9.17) is 4.74 Å². The van der Waals surface area contributed by atoms with Gasteiger partial charge in [0.25, 0.3) is 5.91 Å². The van der Waals surface area contributed by atoms with Crippen molar-refractivity contribution in [1.82, 2.24) is 20.5 Å². The largest absolute Gasteiger partial charge is 0.493 e. The van der Waals surface area contributed by atoms with Gasteiger partial charge in [0.05, 0.1) is 24.9 Å². The number of aromatic nitrogens is 1. The van der Waals surface area contributed by atoms with Gasteiger partial charge in [-0.05, 0) is 54.5 Å². The molecule has 5 rings (SSSR count). The summed E-state index contributed by atoms with van der Waals surface area (Å²) in [5, 5.41) is 15.8.